The first kappa shape index (κ1) is 30.6. The van der Waals surface area contributed by atoms with Gasteiger partial charge in [0.05, 0.1) is 15.8 Å². The lowest BCUT2D eigenvalue weighted by atomic mass is 9.85. The quantitative estimate of drug-likeness (QED) is 0.218. The number of hydrogen-bond donors (Lipinski definition) is 1. The minimum Gasteiger partial charge on any atom is -0.479 e. The zero-order valence-corrected chi connectivity index (χ0v) is 28.3. The molecule has 1 saturated heterocycles. The lowest BCUT2D eigenvalue weighted by molar-refractivity contribution is -0.160. The summed E-state index contributed by atoms with van der Waals surface area (Å²) in [6, 6.07) is 17.3. The molecule has 45 heavy (non-hydrogen) atoms. The zero-order chi connectivity index (χ0) is 31.6. The smallest absolute Gasteiger partial charge is 0.337 e. The van der Waals surface area contributed by atoms with Crippen molar-refractivity contribution in [3.63, 3.8) is 0 Å². The minimum absolute atomic E-state index is 0.415. The van der Waals surface area contributed by atoms with Gasteiger partial charge in [-0.2, -0.15) is 0 Å². The van der Waals surface area contributed by atoms with Crippen LogP contribution in [0.4, 0.5) is 0 Å². The van der Waals surface area contributed by atoms with Gasteiger partial charge < -0.3 is 14.7 Å². The van der Waals surface area contributed by atoms with E-state index in [1.165, 1.54) is 55.5 Å². The highest BCUT2D eigenvalue weighted by Crippen LogP contribution is 2.48. The van der Waals surface area contributed by atoms with E-state index in [9.17, 15) is 9.90 Å². The molecule has 1 saturated carbocycles. The van der Waals surface area contributed by atoms with Crippen LogP contribution in [-0.4, -0.2) is 45.7 Å². The molecule has 0 amide bonds. The topological polar surface area (TPSA) is 62.7 Å². The number of hydrogen-bond acceptors (Lipinski definition) is 5. The summed E-state index contributed by atoms with van der Waals surface area (Å²) in [5.41, 5.74) is 8.85. The molecule has 2 atom stereocenters. The molecular formula is C38H41ClN2O3S. The molecular weight excluding hydrogens is 600 g/mol. The van der Waals surface area contributed by atoms with Crippen LogP contribution >= 0.6 is 22.9 Å². The van der Waals surface area contributed by atoms with Crippen LogP contribution in [0, 0.1) is 12.8 Å². The van der Waals surface area contributed by atoms with E-state index in [1.807, 2.05) is 58.0 Å². The Labute approximate surface area is 274 Å². The minimum atomic E-state index is -1.13. The summed E-state index contributed by atoms with van der Waals surface area (Å²) in [5.74, 6) is 0.00696. The van der Waals surface area contributed by atoms with E-state index in [-0.39, 0.29) is 0 Å². The van der Waals surface area contributed by atoms with Gasteiger partial charge in [0, 0.05) is 33.7 Å². The fraction of sp³-hybridized carbons (Fsp3) is 0.421. The van der Waals surface area contributed by atoms with Crippen LogP contribution in [0.1, 0.15) is 87.7 Å². The highest BCUT2D eigenvalue weighted by atomic mass is 35.5. The van der Waals surface area contributed by atoms with E-state index >= 15 is 0 Å². The molecule has 3 aliphatic rings. The first-order valence-corrected chi connectivity index (χ1v) is 17.4. The van der Waals surface area contributed by atoms with Gasteiger partial charge in [-0.15, -0.1) is 11.3 Å². The number of fused-ring (bicyclic) bond motifs is 2. The van der Waals surface area contributed by atoms with Gasteiger partial charge in [-0.05, 0) is 124 Å². The normalized spacial score (nSPS) is 20.0. The van der Waals surface area contributed by atoms with E-state index in [2.05, 4.69) is 36.1 Å². The summed E-state index contributed by atoms with van der Waals surface area (Å²) < 4.78 is 7.15. The molecule has 2 fully saturated rings. The molecule has 0 spiro atoms. The number of carboxylic acid groups (broad SMARTS) is 1. The maximum atomic E-state index is 12.7. The lowest BCUT2D eigenvalue weighted by Gasteiger charge is -2.33. The van der Waals surface area contributed by atoms with Gasteiger partial charge >= 0.3 is 5.97 Å². The molecule has 2 heterocycles. The van der Waals surface area contributed by atoms with Crippen molar-refractivity contribution in [2.24, 2.45) is 5.92 Å². The summed E-state index contributed by atoms with van der Waals surface area (Å²) in [7, 11) is 0. The molecule has 0 bridgehead atoms. The third kappa shape index (κ3) is 5.98. The monoisotopic (exact) mass is 640 g/mol. The highest BCUT2D eigenvalue weighted by molar-refractivity contribution is 7.22. The highest BCUT2D eigenvalue weighted by Gasteiger charge is 2.35. The molecule has 1 unspecified atom stereocenters. The van der Waals surface area contributed by atoms with Crippen molar-refractivity contribution in [1.82, 2.24) is 9.88 Å². The number of nitrogens with zero attached hydrogens (tertiary/aromatic N) is 2. The number of allylic oxidation sites excluding steroid dienone is 2. The summed E-state index contributed by atoms with van der Waals surface area (Å²) >= 11 is 7.91. The van der Waals surface area contributed by atoms with E-state index in [4.69, 9.17) is 21.3 Å². The van der Waals surface area contributed by atoms with Crippen molar-refractivity contribution in [1.29, 1.82) is 0 Å². The third-order valence-electron chi connectivity index (χ3n) is 9.58. The summed E-state index contributed by atoms with van der Waals surface area (Å²) in [4.78, 5) is 20.6. The molecule has 5 nitrogen and oxygen atoms in total. The molecule has 1 aliphatic heterocycles. The molecule has 7 rings (SSSR count). The molecule has 2 aliphatic carbocycles. The van der Waals surface area contributed by atoms with E-state index < -0.39 is 17.7 Å². The number of thiazole rings is 1. The number of carbonyl (C=O) groups is 1. The maximum Gasteiger partial charge on any atom is 0.337 e. The number of likely N-dealkylation sites (tertiary alicyclic amines) is 1. The van der Waals surface area contributed by atoms with Crippen molar-refractivity contribution in [2.45, 2.75) is 84.0 Å². The summed E-state index contributed by atoms with van der Waals surface area (Å²) in [6.07, 6.45) is 6.58. The van der Waals surface area contributed by atoms with Crippen molar-refractivity contribution in [3.8, 4) is 21.7 Å². The van der Waals surface area contributed by atoms with Crippen LogP contribution in [0.2, 0.25) is 5.02 Å². The molecule has 4 aromatic rings. The second-order valence-corrected chi connectivity index (χ2v) is 15.5. The van der Waals surface area contributed by atoms with E-state index in [0.717, 1.165) is 43.5 Å². The van der Waals surface area contributed by atoms with Gasteiger partial charge in [-0.1, -0.05) is 48.9 Å². The predicted octanol–water partition coefficient (Wildman–Crippen LogP) is 9.91. The number of aromatic nitrogens is 1. The van der Waals surface area contributed by atoms with Crippen LogP contribution in [-0.2, 0) is 9.53 Å². The van der Waals surface area contributed by atoms with Gasteiger partial charge in [0.25, 0.3) is 0 Å². The van der Waals surface area contributed by atoms with Crippen LogP contribution in [0.25, 0.3) is 37.5 Å². The van der Waals surface area contributed by atoms with Crippen LogP contribution in [0.15, 0.2) is 54.6 Å². The Balaban J connectivity index is 1.32. The second kappa shape index (κ2) is 11.6. The number of aryl methyl sites for hydroxylation is 1. The largest absolute Gasteiger partial charge is 0.479 e. The third-order valence-corrected chi connectivity index (χ3v) is 11.0. The fourth-order valence-electron chi connectivity index (χ4n) is 7.32. The standard InChI is InChI=1S/C38H41ClN2O3S/c1-21-18-29(23-14-16-41(17-15-23)27-11-12-27)30-20-25(8-13-28(21)30)36-40-31-19-22(2)32(34(37(42)43)44-38(3,4)5)33(35(31)45-36)24-6-9-26(39)10-7-24/h6-10,13,18-21,23,27,34H,11-12,14-17H2,1-5H3,(H,42,43)/t21?,34-/m0/s1. The Morgan fingerprint density at radius 3 is 2.38 bits per heavy atom. The SMILES string of the molecule is Cc1cc2nc(-c3ccc4c(c3)C(C3CCN(C5CC5)CC3)=CC4C)sc2c(-c2ccc(Cl)cc2)c1[C@H](OC(C)(C)C)C(=O)O. The Morgan fingerprint density at radius 2 is 1.73 bits per heavy atom. The molecule has 1 aromatic heterocycles. The Morgan fingerprint density at radius 1 is 1.04 bits per heavy atom. The molecule has 1 N–H and O–H groups in total. The Kier molecular flexibility index (Phi) is 7.92. The number of benzene rings is 3. The van der Waals surface area contributed by atoms with E-state index in [0.29, 0.717) is 22.4 Å². The van der Waals surface area contributed by atoms with Crippen molar-refractivity contribution in [3.05, 3.63) is 81.9 Å². The Hall–Kier alpha value is -3.03. The first-order valence-electron chi connectivity index (χ1n) is 16.2. The molecule has 234 valence electrons. The molecule has 3 aromatic carbocycles. The number of piperidine rings is 1. The van der Waals surface area contributed by atoms with Gasteiger partial charge in [-0.3, -0.25) is 0 Å². The van der Waals surface area contributed by atoms with Gasteiger partial charge in [0.15, 0.2) is 6.10 Å². The van der Waals surface area contributed by atoms with Crippen LogP contribution in [0.5, 0.6) is 0 Å². The number of carboxylic acids is 1. The number of rotatable bonds is 7. The lowest BCUT2D eigenvalue weighted by Crippen LogP contribution is -2.35. The average molecular weight is 641 g/mol. The summed E-state index contributed by atoms with van der Waals surface area (Å²) in [5, 5.41) is 12.0. The second-order valence-electron chi connectivity index (χ2n) is 14.1. The molecule has 7 heteroatoms. The van der Waals surface area contributed by atoms with E-state index in [1.54, 1.807) is 11.3 Å². The van der Waals surface area contributed by atoms with Crippen LogP contribution in [0.3, 0.4) is 0 Å². The maximum absolute atomic E-state index is 12.7. The predicted molar refractivity (Wildman–Crippen MR) is 185 cm³/mol. The van der Waals surface area contributed by atoms with Gasteiger partial charge in [-0.25, -0.2) is 9.78 Å². The van der Waals surface area contributed by atoms with Crippen LogP contribution < -0.4 is 0 Å². The summed E-state index contributed by atoms with van der Waals surface area (Å²) in [6.45, 7) is 12.3. The number of aliphatic carboxylic acids is 1. The van der Waals surface area contributed by atoms with Gasteiger partial charge in [0.1, 0.15) is 5.01 Å². The van der Waals surface area contributed by atoms with Crippen molar-refractivity contribution >= 4 is 44.7 Å². The van der Waals surface area contributed by atoms with Crippen molar-refractivity contribution < 1.29 is 14.6 Å². The Bertz CT molecular complexity index is 1810. The van der Waals surface area contributed by atoms with Gasteiger partial charge in [0.2, 0.25) is 0 Å². The molecule has 0 radical (unpaired) electrons. The van der Waals surface area contributed by atoms with Crippen molar-refractivity contribution in [2.75, 3.05) is 13.1 Å². The zero-order valence-electron chi connectivity index (χ0n) is 26.7. The number of halogens is 1. The first-order chi connectivity index (χ1) is 21.5. The fourth-order valence-corrected chi connectivity index (χ4v) is 8.57. The number of ether oxygens (including phenoxy) is 1. The average Bonchev–Trinajstić information content (AvgIpc) is 3.69.